The molecule has 2 atom stereocenters. The van der Waals surface area contributed by atoms with Gasteiger partial charge in [-0.3, -0.25) is 14.7 Å². The van der Waals surface area contributed by atoms with Gasteiger partial charge < -0.3 is 9.80 Å². The second-order valence-corrected chi connectivity index (χ2v) is 6.21. The zero-order chi connectivity index (χ0) is 15.3. The molecule has 0 radical (unpaired) electrons. The Morgan fingerprint density at radius 1 is 1.27 bits per heavy atom. The fourth-order valence-corrected chi connectivity index (χ4v) is 3.60. The van der Waals surface area contributed by atoms with Crippen LogP contribution in [0, 0.1) is 5.92 Å². The number of hydrogen-bond donors (Lipinski definition) is 1. The first-order valence-electron chi connectivity index (χ1n) is 7.64. The minimum atomic E-state index is -0.0857. The molecule has 4 heterocycles. The Kier molecular flexibility index (Phi) is 2.92. The van der Waals surface area contributed by atoms with E-state index in [-0.39, 0.29) is 23.8 Å². The van der Waals surface area contributed by atoms with Crippen molar-refractivity contribution in [1.82, 2.24) is 20.0 Å². The summed E-state index contributed by atoms with van der Waals surface area (Å²) in [4.78, 5) is 28.7. The molecule has 3 saturated heterocycles. The first kappa shape index (κ1) is 13.3. The molecule has 2 bridgehead atoms. The second-order valence-electron chi connectivity index (χ2n) is 6.21. The van der Waals surface area contributed by atoms with Crippen LogP contribution in [0.25, 0.3) is 10.9 Å². The molecule has 114 valence electrons. The standard InChI is InChI=1S/C16H18N4O2/c1-19-11-7-6-10(15(19)21)8-20(9-11)16(22)14-12-4-2-3-5-13(12)17-18-14/h2-5,10-11H,6-9H2,1H3,(H,17,18)/t10-,11+/m1/s1. The second kappa shape index (κ2) is 4.83. The Morgan fingerprint density at radius 3 is 2.95 bits per heavy atom. The van der Waals surface area contributed by atoms with Crippen molar-refractivity contribution in [2.45, 2.75) is 18.9 Å². The average molecular weight is 298 g/mol. The number of nitrogens with one attached hydrogen (secondary N) is 1. The van der Waals surface area contributed by atoms with Crippen molar-refractivity contribution < 1.29 is 9.59 Å². The van der Waals surface area contributed by atoms with Crippen LogP contribution < -0.4 is 0 Å². The fourth-order valence-electron chi connectivity index (χ4n) is 3.60. The smallest absolute Gasteiger partial charge is 0.275 e. The maximum absolute atomic E-state index is 12.9. The molecule has 1 aromatic carbocycles. The third-order valence-corrected chi connectivity index (χ3v) is 4.92. The van der Waals surface area contributed by atoms with E-state index in [0.717, 1.165) is 23.7 Å². The summed E-state index contributed by atoms with van der Waals surface area (Å²) < 4.78 is 0. The predicted molar refractivity (Wildman–Crippen MR) is 81.3 cm³/mol. The molecule has 5 rings (SSSR count). The molecule has 0 unspecified atom stereocenters. The van der Waals surface area contributed by atoms with E-state index in [1.54, 1.807) is 4.90 Å². The van der Waals surface area contributed by atoms with E-state index in [1.807, 2.05) is 36.2 Å². The average Bonchev–Trinajstić information content (AvgIpc) is 2.78. The zero-order valence-electron chi connectivity index (χ0n) is 12.5. The number of benzene rings is 1. The number of likely N-dealkylation sites (N-methyl/N-ethyl adjacent to an activating group) is 1. The molecular formula is C16H18N4O2. The number of amides is 2. The quantitative estimate of drug-likeness (QED) is 0.861. The van der Waals surface area contributed by atoms with Crippen LogP contribution in [0.4, 0.5) is 0 Å². The SMILES string of the molecule is CN1C(=O)[C@@H]2CC[C@H]1CN(C(=O)c1n[nH]c3ccccc13)C2. The summed E-state index contributed by atoms with van der Waals surface area (Å²) in [5.74, 6) is 0.00814. The van der Waals surface area contributed by atoms with Crippen LogP contribution in [0.15, 0.2) is 24.3 Å². The van der Waals surface area contributed by atoms with Crippen LogP contribution in [0.1, 0.15) is 23.3 Å². The molecular weight excluding hydrogens is 280 g/mol. The molecule has 6 nitrogen and oxygen atoms in total. The van der Waals surface area contributed by atoms with Crippen molar-refractivity contribution in [1.29, 1.82) is 0 Å². The van der Waals surface area contributed by atoms with Crippen LogP contribution in [-0.4, -0.2) is 58.0 Å². The number of para-hydroxylation sites is 1. The van der Waals surface area contributed by atoms with Crippen LogP contribution >= 0.6 is 0 Å². The first-order valence-corrected chi connectivity index (χ1v) is 7.64. The normalized spacial score (nSPS) is 24.9. The van der Waals surface area contributed by atoms with E-state index in [1.165, 1.54) is 0 Å². The summed E-state index contributed by atoms with van der Waals surface area (Å²) in [6.07, 6.45) is 1.84. The number of fused-ring (bicyclic) bond motifs is 5. The van der Waals surface area contributed by atoms with Crippen molar-refractivity contribution in [2.24, 2.45) is 5.92 Å². The molecule has 3 aliphatic heterocycles. The number of H-pyrrole nitrogens is 1. The minimum Gasteiger partial charge on any atom is -0.341 e. The Balaban J connectivity index is 1.67. The van der Waals surface area contributed by atoms with Gasteiger partial charge in [0.2, 0.25) is 5.91 Å². The monoisotopic (exact) mass is 298 g/mol. The molecule has 22 heavy (non-hydrogen) atoms. The molecule has 6 heteroatoms. The highest BCUT2D eigenvalue weighted by Gasteiger charge is 2.40. The number of aromatic amines is 1. The summed E-state index contributed by atoms with van der Waals surface area (Å²) in [5, 5.41) is 7.94. The number of carbonyl (C=O) groups excluding carboxylic acids is 2. The lowest BCUT2D eigenvalue weighted by atomic mass is 9.95. The minimum absolute atomic E-state index is 0.0714. The molecule has 3 fully saturated rings. The van der Waals surface area contributed by atoms with E-state index in [2.05, 4.69) is 10.2 Å². The third kappa shape index (κ3) is 1.90. The first-order chi connectivity index (χ1) is 10.6. The topological polar surface area (TPSA) is 69.3 Å². The number of carbonyl (C=O) groups is 2. The summed E-state index contributed by atoms with van der Waals surface area (Å²) >= 11 is 0. The van der Waals surface area contributed by atoms with Gasteiger partial charge in [0.15, 0.2) is 5.69 Å². The van der Waals surface area contributed by atoms with Crippen LogP contribution in [0.5, 0.6) is 0 Å². The van der Waals surface area contributed by atoms with Crippen LogP contribution in [0.3, 0.4) is 0 Å². The number of rotatable bonds is 1. The number of aromatic nitrogens is 2. The van der Waals surface area contributed by atoms with E-state index < -0.39 is 0 Å². The Labute approximate surface area is 128 Å². The van der Waals surface area contributed by atoms with Gasteiger partial charge in [0, 0.05) is 31.6 Å². The summed E-state index contributed by atoms with van der Waals surface area (Å²) in [7, 11) is 1.84. The maximum Gasteiger partial charge on any atom is 0.275 e. The predicted octanol–water partition coefficient (Wildman–Crippen LogP) is 1.26. The lowest BCUT2D eigenvalue weighted by molar-refractivity contribution is -0.138. The number of hydrogen-bond acceptors (Lipinski definition) is 3. The summed E-state index contributed by atoms with van der Waals surface area (Å²) in [6, 6.07) is 7.74. The largest absolute Gasteiger partial charge is 0.341 e. The van der Waals surface area contributed by atoms with Gasteiger partial charge in [0.1, 0.15) is 0 Å². The Hall–Kier alpha value is -2.37. The van der Waals surface area contributed by atoms with Crippen LogP contribution in [0.2, 0.25) is 0 Å². The number of piperidine rings is 1. The van der Waals surface area contributed by atoms with E-state index in [4.69, 9.17) is 0 Å². The summed E-state index contributed by atoms with van der Waals surface area (Å²) in [6.45, 7) is 1.10. The molecule has 2 aromatic rings. The van der Waals surface area contributed by atoms with Gasteiger partial charge in [-0.15, -0.1) is 0 Å². The zero-order valence-corrected chi connectivity index (χ0v) is 12.5. The van der Waals surface area contributed by atoms with Gasteiger partial charge >= 0.3 is 0 Å². The highest BCUT2D eigenvalue weighted by Crippen LogP contribution is 2.29. The Bertz CT molecular complexity index is 753. The lowest BCUT2D eigenvalue weighted by Crippen LogP contribution is -2.45. The Morgan fingerprint density at radius 2 is 2.09 bits per heavy atom. The van der Waals surface area contributed by atoms with E-state index >= 15 is 0 Å². The van der Waals surface area contributed by atoms with E-state index in [0.29, 0.717) is 18.8 Å². The molecule has 2 amide bonds. The molecule has 1 N–H and O–H groups in total. The van der Waals surface area contributed by atoms with Crippen molar-refractivity contribution in [3.05, 3.63) is 30.0 Å². The maximum atomic E-state index is 12.9. The molecule has 3 aliphatic rings. The molecule has 0 saturated carbocycles. The summed E-state index contributed by atoms with van der Waals surface area (Å²) in [5.41, 5.74) is 1.31. The van der Waals surface area contributed by atoms with Gasteiger partial charge in [-0.1, -0.05) is 18.2 Å². The highest BCUT2D eigenvalue weighted by atomic mass is 16.2. The van der Waals surface area contributed by atoms with Gasteiger partial charge in [-0.05, 0) is 18.9 Å². The molecule has 0 aliphatic carbocycles. The van der Waals surface area contributed by atoms with Crippen molar-refractivity contribution >= 4 is 22.7 Å². The van der Waals surface area contributed by atoms with Gasteiger partial charge in [-0.2, -0.15) is 5.10 Å². The fraction of sp³-hybridized carbons (Fsp3) is 0.438. The number of nitrogens with zero attached hydrogens (tertiary/aromatic N) is 3. The van der Waals surface area contributed by atoms with Crippen molar-refractivity contribution in [3.63, 3.8) is 0 Å². The van der Waals surface area contributed by atoms with Gasteiger partial charge in [0.25, 0.3) is 5.91 Å². The van der Waals surface area contributed by atoms with Crippen LogP contribution in [-0.2, 0) is 4.79 Å². The lowest BCUT2D eigenvalue weighted by Gasteiger charge is -2.32. The third-order valence-electron chi connectivity index (χ3n) is 4.92. The molecule has 1 aromatic heterocycles. The van der Waals surface area contributed by atoms with E-state index in [9.17, 15) is 9.59 Å². The molecule has 0 spiro atoms. The van der Waals surface area contributed by atoms with Crippen molar-refractivity contribution in [2.75, 3.05) is 20.1 Å². The van der Waals surface area contributed by atoms with Crippen molar-refractivity contribution in [3.8, 4) is 0 Å². The van der Waals surface area contributed by atoms with Gasteiger partial charge in [-0.25, -0.2) is 0 Å². The highest BCUT2D eigenvalue weighted by molar-refractivity contribution is 6.04. The van der Waals surface area contributed by atoms with Gasteiger partial charge in [0.05, 0.1) is 11.4 Å².